The Balaban J connectivity index is 0. The van der Waals surface area contributed by atoms with E-state index in [9.17, 15) is 4.79 Å². The van der Waals surface area contributed by atoms with Gasteiger partial charge in [0, 0.05) is 13.0 Å². The lowest BCUT2D eigenvalue weighted by atomic mass is 10.2. The molecule has 150 valence electrons. The van der Waals surface area contributed by atoms with Gasteiger partial charge in [-0.1, -0.05) is 68.4 Å². The molecule has 0 radical (unpaired) electrons. The van der Waals surface area contributed by atoms with Crippen molar-refractivity contribution in [1.29, 1.82) is 0 Å². The predicted molar refractivity (Wildman–Crippen MR) is 116 cm³/mol. The fraction of sp³-hybridized carbons (Fsp3) is 0.591. The van der Waals surface area contributed by atoms with E-state index in [1.54, 1.807) is 0 Å². The van der Waals surface area contributed by atoms with Crippen LogP contribution in [0.25, 0.3) is 0 Å². The first-order valence-electron chi connectivity index (χ1n) is 9.77. The standard InChI is InChI=1S/C22H37NO2.ClH/c1-2-3-4-5-6-7-8-9-10-11-12-13-14-15-16-17-18-19-22(24)25-21-20-23;/h6-7,9-10,12-13,15-16H,2-5,8,11,14,17-21,23H2,1H3;1H. The Bertz CT molecular complexity index is 414. The van der Waals surface area contributed by atoms with Crippen molar-refractivity contribution < 1.29 is 9.53 Å². The van der Waals surface area contributed by atoms with Gasteiger partial charge in [0.05, 0.1) is 0 Å². The predicted octanol–water partition coefficient (Wildman–Crippen LogP) is 6.06. The van der Waals surface area contributed by atoms with Crippen molar-refractivity contribution in [2.75, 3.05) is 13.2 Å². The number of unbranched alkanes of at least 4 members (excludes halogenated alkanes) is 4. The maximum Gasteiger partial charge on any atom is 0.305 e. The summed E-state index contributed by atoms with van der Waals surface area (Å²) in [6.07, 6.45) is 27.9. The summed E-state index contributed by atoms with van der Waals surface area (Å²) in [6, 6.07) is 0. The van der Waals surface area contributed by atoms with Crippen LogP contribution in [0.5, 0.6) is 0 Å². The first kappa shape index (κ1) is 26.9. The van der Waals surface area contributed by atoms with Gasteiger partial charge in [0.1, 0.15) is 6.61 Å². The first-order chi connectivity index (χ1) is 12.3. The van der Waals surface area contributed by atoms with E-state index < -0.39 is 0 Å². The number of ether oxygens (including phenoxy) is 1. The summed E-state index contributed by atoms with van der Waals surface area (Å²) in [6.45, 7) is 2.95. The third kappa shape index (κ3) is 22.7. The van der Waals surface area contributed by atoms with Crippen LogP contribution in [-0.4, -0.2) is 19.1 Å². The van der Waals surface area contributed by atoms with E-state index >= 15 is 0 Å². The second-order valence-corrected chi connectivity index (χ2v) is 5.99. The summed E-state index contributed by atoms with van der Waals surface area (Å²) in [5.41, 5.74) is 5.27. The van der Waals surface area contributed by atoms with Crippen LogP contribution in [0.1, 0.15) is 71.1 Å². The lowest BCUT2D eigenvalue weighted by molar-refractivity contribution is -0.143. The number of hydrogen-bond acceptors (Lipinski definition) is 3. The van der Waals surface area contributed by atoms with Crippen molar-refractivity contribution >= 4 is 18.4 Å². The van der Waals surface area contributed by atoms with Gasteiger partial charge in [-0.2, -0.15) is 0 Å². The summed E-state index contributed by atoms with van der Waals surface area (Å²) in [4.78, 5) is 11.2. The molecule has 0 aromatic heterocycles. The van der Waals surface area contributed by atoms with Gasteiger partial charge in [0.15, 0.2) is 0 Å². The molecule has 0 bridgehead atoms. The number of esters is 1. The largest absolute Gasteiger partial charge is 0.464 e. The zero-order chi connectivity index (χ0) is 18.4. The van der Waals surface area contributed by atoms with Crippen LogP contribution >= 0.6 is 12.4 Å². The SMILES string of the molecule is CCCCCC=CCC=CCC=CCC=CCCCC(=O)OCCN.Cl. The molecule has 0 rings (SSSR count). The summed E-state index contributed by atoms with van der Waals surface area (Å²) in [5.74, 6) is -0.152. The molecule has 0 heterocycles. The average molecular weight is 384 g/mol. The minimum absolute atomic E-state index is 0. The maximum atomic E-state index is 11.2. The molecule has 0 fully saturated rings. The van der Waals surface area contributed by atoms with E-state index in [0.717, 1.165) is 32.1 Å². The van der Waals surface area contributed by atoms with E-state index in [-0.39, 0.29) is 18.4 Å². The molecule has 0 atom stereocenters. The Morgan fingerprint density at radius 2 is 1.31 bits per heavy atom. The molecule has 26 heavy (non-hydrogen) atoms. The third-order valence-electron chi connectivity index (χ3n) is 3.59. The molecule has 2 N–H and O–H groups in total. The molecule has 0 aliphatic rings. The Hall–Kier alpha value is -1.32. The van der Waals surface area contributed by atoms with Crippen LogP contribution in [0.2, 0.25) is 0 Å². The van der Waals surface area contributed by atoms with Gasteiger partial charge in [-0.25, -0.2) is 0 Å². The third-order valence-corrected chi connectivity index (χ3v) is 3.59. The maximum absolute atomic E-state index is 11.2. The van der Waals surface area contributed by atoms with Gasteiger partial charge in [0.2, 0.25) is 0 Å². The summed E-state index contributed by atoms with van der Waals surface area (Å²) in [7, 11) is 0. The van der Waals surface area contributed by atoms with Gasteiger partial charge in [0.25, 0.3) is 0 Å². The zero-order valence-electron chi connectivity index (χ0n) is 16.4. The zero-order valence-corrected chi connectivity index (χ0v) is 17.2. The lowest BCUT2D eigenvalue weighted by Crippen LogP contribution is -2.13. The molecule has 4 heteroatoms. The number of carbonyl (C=O) groups is 1. The summed E-state index contributed by atoms with van der Waals surface area (Å²) < 4.78 is 4.91. The van der Waals surface area contributed by atoms with Crippen molar-refractivity contribution in [2.45, 2.75) is 71.1 Å². The minimum atomic E-state index is -0.152. The molecule has 0 spiro atoms. The number of carbonyl (C=O) groups excluding carboxylic acids is 1. The fourth-order valence-electron chi connectivity index (χ4n) is 2.17. The monoisotopic (exact) mass is 383 g/mol. The van der Waals surface area contributed by atoms with Crippen LogP contribution in [0.3, 0.4) is 0 Å². The smallest absolute Gasteiger partial charge is 0.305 e. The molecule has 0 aliphatic heterocycles. The first-order valence-corrected chi connectivity index (χ1v) is 9.77. The van der Waals surface area contributed by atoms with E-state index in [2.05, 4.69) is 55.5 Å². The highest BCUT2D eigenvalue weighted by atomic mass is 35.5. The van der Waals surface area contributed by atoms with Crippen LogP contribution in [0.15, 0.2) is 48.6 Å². The van der Waals surface area contributed by atoms with Crippen molar-refractivity contribution in [3.8, 4) is 0 Å². The second kappa shape index (κ2) is 23.7. The van der Waals surface area contributed by atoms with Gasteiger partial charge in [-0.15, -0.1) is 12.4 Å². The van der Waals surface area contributed by atoms with Crippen molar-refractivity contribution in [3.63, 3.8) is 0 Å². The van der Waals surface area contributed by atoms with Gasteiger partial charge < -0.3 is 10.5 Å². The van der Waals surface area contributed by atoms with Gasteiger partial charge >= 0.3 is 5.97 Å². The number of nitrogens with two attached hydrogens (primary N) is 1. The van der Waals surface area contributed by atoms with E-state index in [1.807, 2.05) is 0 Å². The number of halogens is 1. The molecule has 0 aromatic carbocycles. The highest BCUT2D eigenvalue weighted by molar-refractivity contribution is 5.85. The molecule has 0 saturated carbocycles. The molecule has 0 unspecified atom stereocenters. The van der Waals surface area contributed by atoms with Crippen molar-refractivity contribution in [3.05, 3.63) is 48.6 Å². The number of rotatable bonds is 16. The van der Waals surface area contributed by atoms with Crippen LogP contribution < -0.4 is 5.73 Å². The quantitative estimate of drug-likeness (QED) is 0.200. The fourth-order valence-corrected chi connectivity index (χ4v) is 2.17. The molecule has 0 aliphatic carbocycles. The van der Waals surface area contributed by atoms with Crippen LogP contribution in [-0.2, 0) is 9.53 Å². The average Bonchev–Trinajstić information content (AvgIpc) is 2.62. The molecule has 3 nitrogen and oxygen atoms in total. The number of hydrogen-bond donors (Lipinski definition) is 1. The minimum Gasteiger partial charge on any atom is -0.464 e. The molecule has 0 saturated heterocycles. The Morgan fingerprint density at radius 3 is 1.81 bits per heavy atom. The number of allylic oxidation sites excluding steroid dienone is 8. The van der Waals surface area contributed by atoms with Crippen LogP contribution in [0, 0.1) is 0 Å². The van der Waals surface area contributed by atoms with E-state index in [0.29, 0.717) is 19.6 Å². The molecular formula is C22H38ClNO2. The topological polar surface area (TPSA) is 52.3 Å². The van der Waals surface area contributed by atoms with Crippen molar-refractivity contribution in [1.82, 2.24) is 0 Å². The van der Waals surface area contributed by atoms with E-state index in [4.69, 9.17) is 10.5 Å². The summed E-state index contributed by atoms with van der Waals surface area (Å²) >= 11 is 0. The van der Waals surface area contributed by atoms with Crippen LogP contribution in [0.4, 0.5) is 0 Å². The lowest BCUT2D eigenvalue weighted by Gasteiger charge is -2.00. The highest BCUT2D eigenvalue weighted by Crippen LogP contribution is 2.02. The normalized spacial score (nSPS) is 11.8. The Morgan fingerprint density at radius 1 is 0.808 bits per heavy atom. The Labute approximate surface area is 166 Å². The van der Waals surface area contributed by atoms with E-state index in [1.165, 1.54) is 25.7 Å². The summed E-state index contributed by atoms with van der Waals surface area (Å²) in [5, 5.41) is 0. The highest BCUT2D eigenvalue weighted by Gasteiger charge is 1.99. The Kier molecular flexibility index (Phi) is 24.5. The molecular weight excluding hydrogens is 346 g/mol. The van der Waals surface area contributed by atoms with Crippen molar-refractivity contribution in [2.24, 2.45) is 5.73 Å². The van der Waals surface area contributed by atoms with Gasteiger partial charge in [-0.3, -0.25) is 4.79 Å². The second-order valence-electron chi connectivity index (χ2n) is 5.99. The molecule has 0 aromatic rings. The molecule has 0 amide bonds. The van der Waals surface area contributed by atoms with Gasteiger partial charge in [-0.05, 0) is 44.9 Å².